The average molecular weight is 431 g/mol. The largest absolute Gasteiger partial charge is 0.504 e. The first-order valence-electron chi connectivity index (χ1n) is 10.7. The summed E-state index contributed by atoms with van der Waals surface area (Å²) in [6, 6.07) is 26.1. The Hall–Kier alpha value is -4.43. The second-order valence-electron chi connectivity index (χ2n) is 8.61. The minimum absolute atomic E-state index is 0.0673. The van der Waals surface area contributed by atoms with Gasteiger partial charge in [-0.05, 0) is 61.4 Å². The van der Waals surface area contributed by atoms with Crippen molar-refractivity contribution in [2.45, 2.75) is 19.3 Å². The smallest absolute Gasteiger partial charge is 0.158 e. The number of hydrogen-bond donors (Lipinski definition) is 2. The molecule has 0 amide bonds. The molecular formula is C28H22N4O. The van der Waals surface area contributed by atoms with Gasteiger partial charge in [-0.25, -0.2) is 0 Å². The zero-order valence-electron chi connectivity index (χ0n) is 18.4. The molecule has 0 atom stereocenters. The van der Waals surface area contributed by atoms with Crippen molar-refractivity contribution < 1.29 is 5.11 Å². The third-order valence-corrected chi connectivity index (χ3v) is 5.93. The molecule has 0 bridgehead atoms. The van der Waals surface area contributed by atoms with Crippen LogP contribution in [0.5, 0.6) is 5.75 Å². The van der Waals surface area contributed by atoms with E-state index in [9.17, 15) is 10.4 Å². The van der Waals surface area contributed by atoms with Crippen molar-refractivity contribution in [3.63, 3.8) is 0 Å². The van der Waals surface area contributed by atoms with E-state index in [0.717, 1.165) is 44.2 Å². The Morgan fingerprint density at radius 1 is 0.848 bits per heavy atom. The first-order valence-corrected chi connectivity index (χ1v) is 10.7. The van der Waals surface area contributed by atoms with Crippen LogP contribution in [0.1, 0.15) is 19.4 Å². The number of aromatic hydroxyl groups is 1. The molecule has 0 aliphatic carbocycles. The molecule has 3 aromatic carbocycles. The Morgan fingerprint density at radius 2 is 1.61 bits per heavy atom. The lowest BCUT2D eigenvalue weighted by molar-refractivity contribution is 0.476. The zero-order chi connectivity index (χ0) is 23.0. The normalized spacial score (nSPS) is 11.4. The van der Waals surface area contributed by atoms with Crippen LogP contribution in [0.3, 0.4) is 0 Å². The molecule has 0 spiro atoms. The molecule has 5 nitrogen and oxygen atoms in total. The second-order valence-corrected chi connectivity index (χ2v) is 8.61. The predicted octanol–water partition coefficient (Wildman–Crippen LogP) is 6.70. The van der Waals surface area contributed by atoms with Crippen molar-refractivity contribution in [2.75, 3.05) is 5.32 Å². The first-order chi connectivity index (χ1) is 15.9. The van der Waals surface area contributed by atoms with Gasteiger partial charge in [0.1, 0.15) is 0 Å². The maximum atomic E-state index is 10.6. The van der Waals surface area contributed by atoms with Gasteiger partial charge in [0.25, 0.3) is 0 Å². The molecule has 0 fully saturated rings. The molecule has 2 aromatic heterocycles. The van der Waals surface area contributed by atoms with E-state index in [1.807, 2.05) is 86.8 Å². The van der Waals surface area contributed by atoms with Crippen LogP contribution in [0.25, 0.3) is 32.9 Å². The Morgan fingerprint density at radius 3 is 2.39 bits per heavy atom. The fourth-order valence-electron chi connectivity index (χ4n) is 3.90. The average Bonchev–Trinajstić information content (AvgIpc) is 2.85. The summed E-state index contributed by atoms with van der Waals surface area (Å²) in [7, 11) is 0. The summed E-state index contributed by atoms with van der Waals surface area (Å²) in [5.74, 6) is 0.0673. The van der Waals surface area contributed by atoms with Crippen molar-refractivity contribution in [3.8, 4) is 22.9 Å². The van der Waals surface area contributed by atoms with E-state index >= 15 is 0 Å². The highest BCUT2D eigenvalue weighted by Gasteiger charge is 2.19. The Balaban J connectivity index is 1.56. The number of nitrogens with one attached hydrogen (secondary N) is 1. The van der Waals surface area contributed by atoms with E-state index < -0.39 is 5.41 Å². The summed E-state index contributed by atoms with van der Waals surface area (Å²) < 4.78 is 0. The van der Waals surface area contributed by atoms with Gasteiger partial charge in [0.2, 0.25) is 0 Å². The Labute approximate surface area is 192 Å². The Kier molecular flexibility index (Phi) is 4.91. The number of benzene rings is 3. The highest BCUT2D eigenvalue weighted by atomic mass is 16.3. The van der Waals surface area contributed by atoms with Gasteiger partial charge in [-0.15, -0.1) is 0 Å². The lowest BCUT2D eigenvalue weighted by Crippen LogP contribution is -2.13. The summed E-state index contributed by atoms with van der Waals surface area (Å²) in [4.78, 5) is 8.96. The van der Waals surface area contributed by atoms with Crippen LogP contribution in [0.4, 0.5) is 11.4 Å². The van der Waals surface area contributed by atoms with Crippen molar-refractivity contribution in [1.29, 1.82) is 5.26 Å². The van der Waals surface area contributed by atoms with E-state index in [0.29, 0.717) is 5.69 Å². The Bertz CT molecular complexity index is 1530. The van der Waals surface area contributed by atoms with Crippen molar-refractivity contribution >= 4 is 33.2 Å². The minimum atomic E-state index is -0.563. The van der Waals surface area contributed by atoms with Crippen LogP contribution < -0.4 is 5.32 Å². The number of nitrogens with zero attached hydrogens (tertiary/aromatic N) is 3. The number of para-hydroxylation sites is 1. The molecule has 5 rings (SSSR count). The van der Waals surface area contributed by atoms with Gasteiger partial charge in [0.15, 0.2) is 5.75 Å². The van der Waals surface area contributed by atoms with E-state index in [1.165, 1.54) is 6.20 Å². The fourth-order valence-corrected chi connectivity index (χ4v) is 3.90. The number of hydrogen-bond acceptors (Lipinski definition) is 5. The molecule has 0 radical (unpaired) electrons. The molecule has 2 N–H and O–H groups in total. The topological polar surface area (TPSA) is 81.8 Å². The number of anilines is 2. The summed E-state index contributed by atoms with van der Waals surface area (Å²) >= 11 is 0. The lowest BCUT2D eigenvalue weighted by Gasteiger charge is -2.17. The van der Waals surface area contributed by atoms with Crippen molar-refractivity contribution in [1.82, 2.24) is 9.97 Å². The van der Waals surface area contributed by atoms with Gasteiger partial charge >= 0.3 is 0 Å². The number of fused-ring (bicyclic) bond motifs is 2. The highest BCUT2D eigenvalue weighted by Crippen LogP contribution is 2.36. The van der Waals surface area contributed by atoms with Crippen LogP contribution >= 0.6 is 0 Å². The molecule has 0 aliphatic rings. The van der Waals surface area contributed by atoms with E-state index in [-0.39, 0.29) is 5.75 Å². The van der Waals surface area contributed by atoms with Gasteiger partial charge in [-0.1, -0.05) is 36.4 Å². The quantitative estimate of drug-likeness (QED) is 0.331. The van der Waals surface area contributed by atoms with Crippen LogP contribution in [0.2, 0.25) is 0 Å². The maximum absolute atomic E-state index is 10.6. The minimum Gasteiger partial charge on any atom is -0.504 e. The number of aromatic nitrogens is 2. The summed E-state index contributed by atoms with van der Waals surface area (Å²) in [6.07, 6.45) is 3.32. The second kappa shape index (κ2) is 7.92. The summed E-state index contributed by atoms with van der Waals surface area (Å²) in [5.41, 5.74) is 5.48. The molecule has 0 saturated heterocycles. The molecule has 5 aromatic rings. The SMILES string of the molecule is CC(C)(C#N)c1ccc(Nc2c(O)cnc3ccc(-c4cnc5ccccc5c4)cc23)cc1. The number of rotatable bonds is 4. The monoisotopic (exact) mass is 430 g/mol. The van der Waals surface area contributed by atoms with Crippen LogP contribution in [-0.4, -0.2) is 15.1 Å². The molecular weight excluding hydrogens is 408 g/mol. The molecule has 33 heavy (non-hydrogen) atoms. The van der Waals surface area contributed by atoms with Gasteiger partial charge < -0.3 is 10.4 Å². The van der Waals surface area contributed by atoms with Crippen molar-refractivity contribution in [3.05, 3.63) is 90.8 Å². The molecule has 0 saturated carbocycles. The first kappa shape index (κ1) is 20.5. The summed E-state index contributed by atoms with van der Waals surface area (Å²) in [6.45, 7) is 3.78. The lowest BCUT2D eigenvalue weighted by atomic mass is 9.86. The van der Waals surface area contributed by atoms with Crippen LogP contribution in [0, 0.1) is 11.3 Å². The van der Waals surface area contributed by atoms with Gasteiger partial charge in [0.05, 0.1) is 34.4 Å². The zero-order valence-corrected chi connectivity index (χ0v) is 18.4. The van der Waals surface area contributed by atoms with E-state index in [4.69, 9.17) is 0 Å². The molecule has 5 heteroatoms. The van der Waals surface area contributed by atoms with Gasteiger partial charge in [0, 0.05) is 28.2 Å². The maximum Gasteiger partial charge on any atom is 0.158 e. The standard InChI is InChI=1S/C28H22N4O/c1-28(2,17-29)21-8-10-22(11-9-21)32-27-23-14-18(7-12-25(23)31-16-26(27)33)20-13-19-5-3-4-6-24(19)30-15-20/h3-16,33H,1-2H3,(H,31,32). The van der Waals surface area contributed by atoms with Crippen molar-refractivity contribution in [2.24, 2.45) is 0 Å². The molecule has 160 valence electrons. The van der Waals surface area contributed by atoms with Crippen LogP contribution in [0.15, 0.2) is 85.2 Å². The summed E-state index contributed by atoms with van der Waals surface area (Å²) in [5, 5.41) is 25.2. The molecule has 0 aliphatic heterocycles. The number of nitriles is 1. The van der Waals surface area contributed by atoms with E-state index in [2.05, 4.69) is 27.4 Å². The predicted molar refractivity (Wildman–Crippen MR) is 133 cm³/mol. The molecule has 2 heterocycles. The van der Waals surface area contributed by atoms with Gasteiger partial charge in [-0.3, -0.25) is 9.97 Å². The number of pyridine rings is 2. The highest BCUT2D eigenvalue weighted by molar-refractivity contribution is 5.98. The third kappa shape index (κ3) is 3.83. The van der Waals surface area contributed by atoms with E-state index in [1.54, 1.807) is 0 Å². The van der Waals surface area contributed by atoms with Crippen LogP contribution in [-0.2, 0) is 5.41 Å². The van der Waals surface area contributed by atoms with Gasteiger partial charge in [-0.2, -0.15) is 5.26 Å². The fraction of sp³-hybridized carbons (Fsp3) is 0.107. The molecule has 0 unspecified atom stereocenters. The third-order valence-electron chi connectivity index (χ3n) is 5.93.